The van der Waals surface area contributed by atoms with Gasteiger partial charge in [0, 0.05) is 89.2 Å². The molecular weight excluding hydrogens is 617 g/mol. The molecule has 9 nitrogen and oxygen atoms in total. The fraction of sp³-hybridized carbons (Fsp3) is 1.00. The van der Waals surface area contributed by atoms with Crippen LogP contribution in [0.25, 0.3) is 0 Å². The molecule has 0 rings (SSSR count). The molecule has 6 unspecified atom stereocenters. The van der Waals surface area contributed by atoms with Crippen LogP contribution in [0.1, 0.15) is 92.9 Å². The minimum absolute atomic E-state index is 0.0148. The lowest BCUT2D eigenvalue weighted by molar-refractivity contribution is 0.0157. The molecule has 12 heteroatoms. The van der Waals surface area contributed by atoms with E-state index < -0.39 is 17.4 Å². The lowest BCUT2D eigenvalue weighted by Crippen LogP contribution is -2.49. The van der Waals surface area contributed by atoms with Crippen LogP contribution in [-0.2, 0) is 22.1 Å². The van der Waals surface area contributed by atoms with Crippen molar-refractivity contribution in [3.05, 3.63) is 0 Å². The molecule has 0 radical (unpaired) electrons. The highest BCUT2D eigenvalue weighted by Gasteiger charge is 2.43. The second-order valence-corrected chi connectivity index (χ2v) is 19.8. The predicted molar refractivity (Wildman–Crippen MR) is 186 cm³/mol. The largest absolute Gasteiger partial charge is 0.500 e. The molecule has 4 N–H and O–H groups in total. The molecular formula is C32H70O9SSi2. The Morgan fingerprint density at radius 1 is 0.500 bits per heavy atom. The third kappa shape index (κ3) is 21.3. The van der Waals surface area contributed by atoms with Crippen LogP contribution in [0.3, 0.4) is 0 Å². The molecule has 0 aromatic carbocycles. The first-order chi connectivity index (χ1) is 21.0. The second kappa shape index (κ2) is 27.4. The van der Waals surface area contributed by atoms with Gasteiger partial charge in [0.1, 0.15) is 0 Å². The molecule has 0 aliphatic heterocycles. The van der Waals surface area contributed by atoms with Gasteiger partial charge < -0.3 is 42.6 Å². The normalized spacial score (nSPS) is 18.3. The molecule has 0 fully saturated rings. The van der Waals surface area contributed by atoms with Gasteiger partial charge >= 0.3 is 17.4 Å². The summed E-state index contributed by atoms with van der Waals surface area (Å²) >= 11 is 4.37. The summed E-state index contributed by atoms with van der Waals surface area (Å²) in [6.45, 7) is 14.3. The van der Waals surface area contributed by atoms with Gasteiger partial charge in [0.25, 0.3) is 0 Å². The quantitative estimate of drug-likeness (QED) is 0.0346. The van der Waals surface area contributed by atoms with E-state index >= 15 is 0 Å². The van der Waals surface area contributed by atoms with Crippen LogP contribution < -0.4 is 0 Å². The lowest BCUT2D eigenvalue weighted by atomic mass is 10.1. The molecule has 0 aromatic rings. The van der Waals surface area contributed by atoms with Gasteiger partial charge in [-0.2, -0.15) is 12.6 Å². The van der Waals surface area contributed by atoms with E-state index in [1.165, 1.54) is 25.7 Å². The highest BCUT2D eigenvalue weighted by atomic mass is 32.1. The highest BCUT2D eigenvalue weighted by molar-refractivity contribution is 7.80. The molecule has 44 heavy (non-hydrogen) atoms. The Kier molecular flexibility index (Phi) is 27.6. The van der Waals surface area contributed by atoms with Crippen molar-refractivity contribution in [1.82, 2.24) is 0 Å². The standard InChI is InChI=1S/C32H70O9SSi2/c1-7-8-9-10-11-13-16-43(27-31(5)21-36,37-22-28(2)18-33)38-25-32(6)26-41-44(17-14-12-15-42,39-23-29(3)19-34)40-24-30(4)20-35/h28-36,42H,7-27H2,1-6H3. The molecule has 0 amide bonds. The molecule has 0 bridgehead atoms. The molecule has 0 saturated carbocycles. The Balaban J connectivity index is 5.74. The number of thiol groups is 1. The Morgan fingerprint density at radius 2 is 0.909 bits per heavy atom. The van der Waals surface area contributed by atoms with Crippen LogP contribution in [0.4, 0.5) is 0 Å². The Bertz CT molecular complexity index is 641. The van der Waals surface area contributed by atoms with Crippen molar-refractivity contribution >= 4 is 30.0 Å². The van der Waals surface area contributed by atoms with Crippen molar-refractivity contribution in [3.8, 4) is 0 Å². The van der Waals surface area contributed by atoms with E-state index in [1.807, 2.05) is 27.7 Å². The van der Waals surface area contributed by atoms with Crippen LogP contribution in [0.2, 0.25) is 18.1 Å². The molecule has 0 aromatic heterocycles. The number of hydrogen-bond donors (Lipinski definition) is 5. The summed E-state index contributed by atoms with van der Waals surface area (Å²) < 4.78 is 32.7. The zero-order valence-electron chi connectivity index (χ0n) is 29.0. The number of aliphatic hydroxyl groups excluding tert-OH is 4. The van der Waals surface area contributed by atoms with Gasteiger partial charge in [0.15, 0.2) is 0 Å². The zero-order chi connectivity index (χ0) is 33.3. The number of unbranched alkanes of at least 4 members (excludes halogenated alkanes) is 6. The van der Waals surface area contributed by atoms with E-state index in [1.54, 1.807) is 0 Å². The monoisotopic (exact) mass is 686 g/mol. The van der Waals surface area contributed by atoms with Crippen molar-refractivity contribution in [2.24, 2.45) is 29.6 Å². The summed E-state index contributed by atoms with van der Waals surface area (Å²) in [5.74, 6) is 0.783. The average Bonchev–Trinajstić information content (AvgIpc) is 3.04. The van der Waals surface area contributed by atoms with E-state index in [9.17, 15) is 20.4 Å². The van der Waals surface area contributed by atoms with E-state index in [0.717, 1.165) is 37.5 Å². The third-order valence-electron chi connectivity index (χ3n) is 7.73. The van der Waals surface area contributed by atoms with Crippen molar-refractivity contribution in [3.63, 3.8) is 0 Å². The minimum Gasteiger partial charge on any atom is -0.396 e. The highest BCUT2D eigenvalue weighted by Crippen LogP contribution is 2.29. The van der Waals surface area contributed by atoms with Crippen LogP contribution in [0.5, 0.6) is 0 Å². The first-order valence-corrected chi connectivity index (χ1v) is 22.1. The molecule has 0 saturated heterocycles. The third-order valence-corrected chi connectivity index (χ3v) is 14.7. The van der Waals surface area contributed by atoms with Crippen molar-refractivity contribution in [2.45, 2.75) is 111 Å². The summed E-state index contributed by atoms with van der Waals surface area (Å²) in [5, 5.41) is 38.8. The summed E-state index contributed by atoms with van der Waals surface area (Å²) in [4.78, 5) is 0. The Hall–Kier alpha value is 0.424. The van der Waals surface area contributed by atoms with Crippen LogP contribution in [0, 0.1) is 29.6 Å². The Labute approximate surface area is 277 Å². The van der Waals surface area contributed by atoms with Crippen molar-refractivity contribution in [2.75, 3.05) is 65.2 Å². The SMILES string of the molecule is CCCCCCCC[Si](CC(C)CO)(OCC(C)CO)OCC(C)CO[Si](CCCCS)(OCC(C)CO)OCC(C)CO. The molecule has 6 atom stereocenters. The van der Waals surface area contributed by atoms with Crippen molar-refractivity contribution < 1.29 is 42.6 Å². The molecule has 0 heterocycles. The summed E-state index contributed by atoms with van der Waals surface area (Å²) in [5.41, 5.74) is 0. The first-order valence-electron chi connectivity index (χ1n) is 17.3. The smallest absolute Gasteiger partial charge is 0.396 e. The minimum atomic E-state index is -3.13. The number of rotatable bonds is 32. The summed E-state index contributed by atoms with van der Waals surface area (Å²) in [7, 11) is -5.83. The van der Waals surface area contributed by atoms with Crippen LogP contribution >= 0.6 is 12.6 Å². The lowest BCUT2D eigenvalue weighted by Gasteiger charge is -2.35. The number of hydrogen-bond acceptors (Lipinski definition) is 10. The fourth-order valence-corrected chi connectivity index (χ4v) is 11.7. The maximum Gasteiger partial charge on any atom is 0.500 e. The maximum atomic E-state index is 9.94. The molecule has 0 aliphatic rings. The van der Waals surface area contributed by atoms with Crippen molar-refractivity contribution in [1.29, 1.82) is 0 Å². The predicted octanol–water partition coefficient (Wildman–Crippen LogP) is 5.67. The number of aliphatic hydroxyl groups is 4. The van der Waals surface area contributed by atoms with Gasteiger partial charge in [-0.15, -0.1) is 0 Å². The maximum absolute atomic E-state index is 9.94. The van der Waals surface area contributed by atoms with Gasteiger partial charge in [0.2, 0.25) is 0 Å². The van der Waals surface area contributed by atoms with E-state index in [0.29, 0.717) is 45.1 Å². The van der Waals surface area contributed by atoms with Gasteiger partial charge in [0.05, 0.1) is 0 Å². The molecule has 0 spiro atoms. The fourth-order valence-electron chi connectivity index (χ4n) is 4.57. The van der Waals surface area contributed by atoms with E-state index in [-0.39, 0.29) is 56.0 Å². The Morgan fingerprint density at radius 3 is 1.39 bits per heavy atom. The van der Waals surface area contributed by atoms with Crippen LogP contribution in [-0.4, -0.2) is 103 Å². The van der Waals surface area contributed by atoms with Gasteiger partial charge in [-0.25, -0.2) is 0 Å². The van der Waals surface area contributed by atoms with Crippen LogP contribution in [0.15, 0.2) is 0 Å². The molecule has 0 aliphatic carbocycles. The zero-order valence-corrected chi connectivity index (χ0v) is 31.9. The van der Waals surface area contributed by atoms with E-state index in [2.05, 4.69) is 26.5 Å². The average molecular weight is 687 g/mol. The second-order valence-electron chi connectivity index (χ2n) is 13.3. The van der Waals surface area contributed by atoms with E-state index in [4.69, 9.17) is 22.1 Å². The van der Waals surface area contributed by atoms with Gasteiger partial charge in [-0.1, -0.05) is 80.1 Å². The molecule has 266 valence electrons. The van der Waals surface area contributed by atoms with Gasteiger partial charge in [-0.05, 0) is 36.6 Å². The van der Waals surface area contributed by atoms with Gasteiger partial charge in [-0.3, -0.25) is 0 Å². The summed E-state index contributed by atoms with van der Waals surface area (Å²) in [6, 6.07) is 2.21. The summed E-state index contributed by atoms with van der Waals surface area (Å²) in [6.07, 6.45) is 8.85. The topological polar surface area (TPSA) is 127 Å². The first kappa shape index (κ1) is 44.4.